The van der Waals surface area contributed by atoms with Crippen LogP contribution in [0.5, 0.6) is 5.75 Å². The fraction of sp³-hybridized carbons (Fsp3) is 0.595. The number of aliphatic hydroxyl groups excluding tert-OH is 2. The van der Waals surface area contributed by atoms with E-state index >= 15 is 0 Å². The molecule has 0 spiro atoms. The Kier molecular flexibility index (Phi) is 10.9. The number of benzene rings is 1. The number of fused-ring (bicyclic) bond motifs is 3. The maximum Gasteiger partial charge on any atom is 0.412 e. The van der Waals surface area contributed by atoms with E-state index in [9.17, 15) is 44.4 Å². The van der Waals surface area contributed by atoms with Crippen LogP contribution in [-0.2, 0) is 41.6 Å². The summed E-state index contributed by atoms with van der Waals surface area (Å²) in [4.78, 5) is 70.1. The molecule has 1 aromatic rings. The maximum atomic E-state index is 14.3. The molecule has 0 radical (unpaired) electrons. The Morgan fingerprint density at radius 3 is 2.12 bits per heavy atom. The van der Waals surface area contributed by atoms with Crippen LogP contribution in [-0.4, -0.2) is 113 Å². The van der Waals surface area contributed by atoms with Gasteiger partial charge in [0.25, 0.3) is 5.91 Å². The summed E-state index contributed by atoms with van der Waals surface area (Å²) in [7, 11) is 6.58. The van der Waals surface area contributed by atoms with E-state index < -0.39 is 88.1 Å². The number of Topliss-reactive ketones (excluding diaryl/α,β-unsaturated/α-hetero) is 2. The molecule has 3 aliphatic carbocycles. The monoisotopic (exact) mass is 728 g/mol. The van der Waals surface area contributed by atoms with E-state index in [0.29, 0.717) is 11.3 Å². The van der Waals surface area contributed by atoms with Gasteiger partial charge in [0.2, 0.25) is 12.6 Å². The minimum atomic E-state index is -2.77. The Morgan fingerprint density at radius 2 is 1.60 bits per heavy atom. The number of phenolic OH excluding ortho intramolecular Hbond substituents is 1. The van der Waals surface area contributed by atoms with Gasteiger partial charge in [0, 0.05) is 43.4 Å². The van der Waals surface area contributed by atoms with Gasteiger partial charge in [0.15, 0.2) is 11.4 Å². The van der Waals surface area contributed by atoms with Crippen molar-refractivity contribution < 1.29 is 53.9 Å². The quantitative estimate of drug-likeness (QED) is 0.140. The highest BCUT2D eigenvalue weighted by Crippen LogP contribution is 2.54. The first kappa shape index (κ1) is 40.1. The van der Waals surface area contributed by atoms with Crippen LogP contribution in [0.4, 0.5) is 10.5 Å². The SMILES string of the molecule is CN(C)c1cc(CN(CC(C)(C)C)C(=O)OCOC(=O)CC(C)(C)C)c(O)c2c1C[C@H]1C[C@H]3[C@H](N(C)C)C(=O)C(C(N)=O)=C(O)[C@@]3(O)C(=O)C1=C2O. The second-order valence-corrected chi connectivity index (χ2v) is 16.8. The number of ether oxygens (including phenoxy) is 2. The summed E-state index contributed by atoms with van der Waals surface area (Å²) in [5, 5.41) is 46.7. The topological polar surface area (TPSA) is 220 Å². The number of aliphatic hydroxyl groups is 3. The van der Waals surface area contributed by atoms with Crippen LogP contribution in [0.1, 0.15) is 71.1 Å². The third-order valence-corrected chi connectivity index (χ3v) is 9.62. The van der Waals surface area contributed by atoms with Crippen LogP contribution in [0.3, 0.4) is 0 Å². The molecule has 0 saturated heterocycles. The molecule has 286 valence electrons. The zero-order valence-electron chi connectivity index (χ0n) is 31.6. The molecule has 52 heavy (non-hydrogen) atoms. The number of nitrogens with two attached hydrogens (primary N) is 1. The Balaban J connectivity index is 1.80. The van der Waals surface area contributed by atoms with E-state index in [-0.39, 0.29) is 54.5 Å². The van der Waals surface area contributed by atoms with E-state index in [1.807, 2.05) is 41.5 Å². The minimum absolute atomic E-state index is 0.0489. The van der Waals surface area contributed by atoms with Gasteiger partial charge in [0.1, 0.15) is 22.8 Å². The number of nitrogens with zero attached hydrogens (tertiary/aromatic N) is 3. The Bertz CT molecular complexity index is 1750. The average molecular weight is 729 g/mol. The van der Waals surface area contributed by atoms with Gasteiger partial charge < -0.3 is 45.4 Å². The van der Waals surface area contributed by atoms with Crippen molar-refractivity contribution >= 4 is 41.0 Å². The third-order valence-electron chi connectivity index (χ3n) is 9.62. The molecule has 15 heteroatoms. The van der Waals surface area contributed by atoms with Crippen molar-refractivity contribution in [2.24, 2.45) is 28.4 Å². The number of ketones is 2. The van der Waals surface area contributed by atoms with Gasteiger partial charge in [-0.15, -0.1) is 0 Å². The normalized spacial score (nSPS) is 23.2. The molecule has 0 bridgehead atoms. The minimum Gasteiger partial charge on any atom is -0.508 e. The summed E-state index contributed by atoms with van der Waals surface area (Å²) in [5.41, 5.74) is 1.83. The largest absolute Gasteiger partial charge is 0.508 e. The molecule has 0 heterocycles. The smallest absolute Gasteiger partial charge is 0.412 e. The number of amides is 2. The van der Waals surface area contributed by atoms with Crippen molar-refractivity contribution in [3.05, 3.63) is 39.7 Å². The highest BCUT2D eigenvalue weighted by atomic mass is 16.7. The van der Waals surface area contributed by atoms with Crippen LogP contribution in [0, 0.1) is 22.7 Å². The lowest BCUT2D eigenvalue weighted by Gasteiger charge is -2.50. The van der Waals surface area contributed by atoms with Crippen LogP contribution in [0.2, 0.25) is 0 Å². The number of carbonyl (C=O) groups excluding carboxylic acids is 5. The molecule has 4 atom stereocenters. The second kappa shape index (κ2) is 14.1. The van der Waals surface area contributed by atoms with Gasteiger partial charge in [-0.05, 0) is 55.3 Å². The molecular formula is C37H52N4O11. The van der Waals surface area contributed by atoms with E-state index in [0.717, 1.165) is 0 Å². The number of primary amides is 1. The average Bonchev–Trinajstić information content (AvgIpc) is 2.97. The highest BCUT2D eigenvalue weighted by Gasteiger charge is 2.64. The molecule has 3 aliphatic rings. The van der Waals surface area contributed by atoms with Crippen LogP contribution in [0.15, 0.2) is 23.0 Å². The zero-order valence-corrected chi connectivity index (χ0v) is 31.6. The lowest BCUT2D eigenvalue weighted by atomic mass is 9.57. The third kappa shape index (κ3) is 7.47. The Morgan fingerprint density at radius 1 is 0.981 bits per heavy atom. The lowest BCUT2D eigenvalue weighted by Crippen LogP contribution is -2.65. The molecule has 0 unspecified atom stereocenters. The molecular weight excluding hydrogens is 676 g/mol. The molecule has 1 saturated carbocycles. The number of carbonyl (C=O) groups is 5. The number of likely N-dealkylation sites (N-methyl/N-ethyl adjacent to an activating group) is 1. The first-order valence-corrected chi connectivity index (χ1v) is 17.1. The number of phenols is 1. The molecule has 0 aliphatic heterocycles. The van der Waals surface area contributed by atoms with Gasteiger partial charge in [-0.3, -0.25) is 24.1 Å². The van der Waals surface area contributed by atoms with E-state index in [1.54, 1.807) is 25.1 Å². The van der Waals surface area contributed by atoms with Crippen LogP contribution < -0.4 is 10.6 Å². The summed E-state index contributed by atoms with van der Waals surface area (Å²) < 4.78 is 10.4. The van der Waals surface area contributed by atoms with Crippen molar-refractivity contribution in [1.82, 2.24) is 9.80 Å². The van der Waals surface area contributed by atoms with Crippen LogP contribution >= 0.6 is 0 Å². The fourth-order valence-corrected chi connectivity index (χ4v) is 7.55. The maximum absolute atomic E-state index is 14.3. The van der Waals surface area contributed by atoms with Gasteiger partial charge in [-0.1, -0.05) is 41.5 Å². The molecule has 2 amide bonds. The zero-order chi connectivity index (χ0) is 39.4. The van der Waals surface area contributed by atoms with E-state index in [2.05, 4.69) is 0 Å². The standard InChI is InChI=1S/C37H52N4O11/c1-35(2,3)14-23(42)51-17-52-34(49)41(16-36(4,5)6)15-19-13-22(39(7)8)20-11-18-12-21-27(40(9)10)30(45)26(33(38)48)32(47)37(21,50)31(46)24(18)29(44)25(20)28(19)43/h13,18,21,27,43-44,47,50H,11-12,14-17H2,1-10H3,(H2,38,48)/t18-,21-,27-,37-/m0/s1. The van der Waals surface area contributed by atoms with Gasteiger partial charge in [0.05, 0.1) is 24.6 Å². The highest BCUT2D eigenvalue weighted by molar-refractivity contribution is 6.24. The first-order valence-electron chi connectivity index (χ1n) is 17.1. The first-order chi connectivity index (χ1) is 23.8. The van der Waals surface area contributed by atoms with Crippen LogP contribution in [0.25, 0.3) is 5.76 Å². The summed E-state index contributed by atoms with van der Waals surface area (Å²) in [6, 6.07) is 0.470. The molecule has 6 N–H and O–H groups in total. The van der Waals surface area contributed by atoms with Crippen molar-refractivity contribution in [2.75, 3.05) is 46.4 Å². The van der Waals surface area contributed by atoms with Crippen molar-refractivity contribution in [3.63, 3.8) is 0 Å². The Labute approximate surface area is 303 Å². The van der Waals surface area contributed by atoms with Gasteiger partial charge in [-0.2, -0.15) is 0 Å². The summed E-state index contributed by atoms with van der Waals surface area (Å²) in [6.45, 7) is 10.6. The number of hydrogen-bond donors (Lipinski definition) is 5. The molecule has 0 aromatic heterocycles. The lowest BCUT2D eigenvalue weighted by molar-refractivity contribution is -0.155. The summed E-state index contributed by atoms with van der Waals surface area (Å²) >= 11 is 0. The van der Waals surface area contributed by atoms with Crippen molar-refractivity contribution in [2.45, 2.75) is 79.0 Å². The molecule has 15 nitrogen and oxygen atoms in total. The summed E-state index contributed by atoms with van der Waals surface area (Å²) in [5.74, 6) is -8.00. The van der Waals surface area contributed by atoms with Gasteiger partial charge in [-0.25, -0.2) is 4.79 Å². The molecule has 1 fully saturated rings. The second-order valence-electron chi connectivity index (χ2n) is 16.8. The van der Waals surface area contributed by atoms with E-state index in [1.165, 1.54) is 23.9 Å². The summed E-state index contributed by atoms with van der Waals surface area (Å²) in [6.07, 6.45) is -0.657. The Hall–Kier alpha value is -4.63. The predicted octanol–water partition coefficient (Wildman–Crippen LogP) is 2.95. The molecule has 1 aromatic carbocycles. The van der Waals surface area contributed by atoms with E-state index in [4.69, 9.17) is 15.2 Å². The van der Waals surface area contributed by atoms with Crippen molar-refractivity contribution in [1.29, 1.82) is 0 Å². The number of hydrogen-bond acceptors (Lipinski definition) is 13. The fourth-order valence-electron chi connectivity index (χ4n) is 7.55. The number of esters is 1. The number of aromatic hydroxyl groups is 1. The molecule has 4 rings (SSSR count). The number of anilines is 1. The number of rotatable bonds is 9. The predicted molar refractivity (Wildman–Crippen MR) is 190 cm³/mol. The van der Waals surface area contributed by atoms with Crippen molar-refractivity contribution in [3.8, 4) is 5.75 Å². The van der Waals surface area contributed by atoms with Gasteiger partial charge >= 0.3 is 12.1 Å².